The van der Waals surface area contributed by atoms with Gasteiger partial charge in [0.15, 0.2) is 0 Å². The maximum absolute atomic E-state index is 14.0. The Labute approximate surface area is 227 Å². The van der Waals surface area contributed by atoms with E-state index in [9.17, 15) is 14.4 Å². The van der Waals surface area contributed by atoms with Gasteiger partial charge in [-0.05, 0) is 63.8 Å². The van der Waals surface area contributed by atoms with Crippen molar-refractivity contribution >= 4 is 23.6 Å². The summed E-state index contributed by atoms with van der Waals surface area (Å²) < 4.78 is 5.29. The van der Waals surface area contributed by atoms with Crippen LogP contribution in [-0.4, -0.2) is 41.5 Å². The lowest BCUT2D eigenvalue weighted by molar-refractivity contribution is -0.138. The van der Waals surface area contributed by atoms with Crippen LogP contribution < -0.4 is 10.6 Å². The molecule has 2 rings (SSSR count). The van der Waals surface area contributed by atoms with E-state index in [1.54, 1.807) is 45.0 Å². The molecule has 204 valence electrons. The van der Waals surface area contributed by atoms with E-state index >= 15 is 0 Å². The number of nitrogens with zero attached hydrogens (tertiary/aromatic N) is 1. The van der Waals surface area contributed by atoms with E-state index in [0.717, 1.165) is 30.4 Å². The number of rotatable bonds is 11. The Morgan fingerprint density at radius 1 is 1.00 bits per heavy atom. The van der Waals surface area contributed by atoms with Crippen LogP contribution in [0.1, 0.15) is 81.7 Å². The maximum atomic E-state index is 14.0. The summed E-state index contributed by atoms with van der Waals surface area (Å²) >= 11 is 0. The molecule has 2 aromatic carbocycles. The molecule has 7 heteroatoms. The van der Waals surface area contributed by atoms with E-state index in [0.29, 0.717) is 29.8 Å². The van der Waals surface area contributed by atoms with Gasteiger partial charge in [-0.1, -0.05) is 68.5 Å². The van der Waals surface area contributed by atoms with Crippen LogP contribution in [0.5, 0.6) is 0 Å². The van der Waals surface area contributed by atoms with Gasteiger partial charge in [-0.15, -0.1) is 6.42 Å². The van der Waals surface area contributed by atoms with E-state index in [1.807, 2.05) is 32.0 Å². The molecule has 2 N–H and O–H groups in total. The van der Waals surface area contributed by atoms with Gasteiger partial charge in [-0.2, -0.15) is 0 Å². The highest BCUT2D eigenvalue weighted by atomic mass is 16.6. The van der Waals surface area contributed by atoms with Crippen molar-refractivity contribution in [2.45, 2.75) is 78.9 Å². The molecule has 1 atom stereocenters. The van der Waals surface area contributed by atoms with E-state index in [1.165, 1.54) is 4.90 Å². The molecule has 1 unspecified atom stereocenters. The molecule has 0 aliphatic rings. The number of anilines is 1. The number of hydrogen-bond donors (Lipinski definition) is 2. The van der Waals surface area contributed by atoms with Gasteiger partial charge in [0, 0.05) is 17.8 Å². The molecular weight excluding hydrogens is 478 g/mol. The number of aryl methyl sites for hydroxylation is 2. The fraction of sp³-hybridized carbons (Fsp3) is 0.452. The summed E-state index contributed by atoms with van der Waals surface area (Å²) in [6, 6.07) is 11.9. The zero-order valence-electron chi connectivity index (χ0n) is 23.5. The molecule has 2 aromatic rings. The van der Waals surface area contributed by atoms with Crippen molar-refractivity contribution in [2.75, 3.05) is 18.4 Å². The molecule has 0 spiro atoms. The minimum absolute atomic E-state index is 0.311. The lowest BCUT2D eigenvalue weighted by Gasteiger charge is -2.32. The Morgan fingerprint density at radius 2 is 1.66 bits per heavy atom. The van der Waals surface area contributed by atoms with Crippen molar-refractivity contribution in [3.63, 3.8) is 0 Å². The second-order valence-corrected chi connectivity index (χ2v) is 10.4. The third-order valence-corrected chi connectivity index (χ3v) is 6.06. The molecule has 0 radical (unpaired) electrons. The molecule has 0 fully saturated rings. The Hall–Kier alpha value is -3.79. The van der Waals surface area contributed by atoms with Gasteiger partial charge < -0.3 is 20.3 Å². The lowest BCUT2D eigenvalue weighted by atomic mass is 9.97. The highest BCUT2D eigenvalue weighted by molar-refractivity contribution is 5.99. The van der Waals surface area contributed by atoms with Crippen LogP contribution in [0.4, 0.5) is 10.5 Å². The number of hydrogen-bond acceptors (Lipinski definition) is 4. The minimum atomic E-state index is -0.990. The molecule has 0 saturated heterocycles. The standard InChI is InChI=1S/C31H41N3O4/c1-8-10-11-14-20-34(26(35)21-32-30(37)38-31(5,6)7)28(25-19-13-12-18-24(25)9-2)29(36)33-27-22(3)16-15-17-23(27)4/h2,12-13,15-19,28H,8,10-11,14,20-21H2,1,3-7H3,(H,32,37)(H,33,36). The van der Waals surface area contributed by atoms with Crippen LogP contribution in [-0.2, 0) is 14.3 Å². The zero-order chi connectivity index (χ0) is 28.3. The van der Waals surface area contributed by atoms with Gasteiger partial charge in [0.1, 0.15) is 18.2 Å². The van der Waals surface area contributed by atoms with Crippen LogP contribution in [0.2, 0.25) is 0 Å². The van der Waals surface area contributed by atoms with Crippen molar-refractivity contribution in [1.82, 2.24) is 10.2 Å². The Balaban J connectivity index is 2.47. The third-order valence-electron chi connectivity index (χ3n) is 6.06. The Morgan fingerprint density at radius 3 is 2.26 bits per heavy atom. The van der Waals surface area contributed by atoms with Crippen molar-refractivity contribution in [1.29, 1.82) is 0 Å². The maximum Gasteiger partial charge on any atom is 0.408 e. The van der Waals surface area contributed by atoms with Crippen LogP contribution in [0.25, 0.3) is 0 Å². The second-order valence-electron chi connectivity index (χ2n) is 10.4. The predicted molar refractivity (Wildman–Crippen MR) is 152 cm³/mol. The molecule has 0 saturated carbocycles. The van der Waals surface area contributed by atoms with E-state index < -0.39 is 23.6 Å². The third kappa shape index (κ3) is 8.95. The van der Waals surface area contributed by atoms with Crippen molar-refractivity contribution in [3.05, 3.63) is 64.7 Å². The number of amides is 3. The number of benzene rings is 2. The first-order valence-corrected chi connectivity index (χ1v) is 13.2. The number of carbonyl (C=O) groups excluding carboxylic acids is 3. The van der Waals surface area contributed by atoms with Crippen LogP contribution in [0.15, 0.2) is 42.5 Å². The number of ether oxygens (including phenoxy) is 1. The minimum Gasteiger partial charge on any atom is -0.444 e. The SMILES string of the molecule is C#Cc1ccccc1C(C(=O)Nc1c(C)cccc1C)N(CCCCCC)C(=O)CNC(=O)OC(C)(C)C. The number of terminal acetylenes is 1. The van der Waals surface area contributed by atoms with Gasteiger partial charge in [0.05, 0.1) is 0 Å². The van der Waals surface area contributed by atoms with Gasteiger partial charge >= 0.3 is 6.09 Å². The first kappa shape index (κ1) is 30.4. The summed E-state index contributed by atoms with van der Waals surface area (Å²) in [5, 5.41) is 5.59. The van der Waals surface area contributed by atoms with Crippen molar-refractivity contribution in [3.8, 4) is 12.3 Å². The number of para-hydroxylation sites is 1. The fourth-order valence-corrected chi connectivity index (χ4v) is 4.19. The molecule has 0 aliphatic heterocycles. The monoisotopic (exact) mass is 519 g/mol. The summed E-state index contributed by atoms with van der Waals surface area (Å²) in [4.78, 5) is 41.4. The molecule has 0 heterocycles. The summed E-state index contributed by atoms with van der Waals surface area (Å²) in [5.74, 6) is 1.88. The molecule has 3 amide bonds. The molecule has 0 aromatic heterocycles. The first-order valence-electron chi connectivity index (χ1n) is 13.2. The molecule has 0 bridgehead atoms. The van der Waals surface area contributed by atoms with Crippen molar-refractivity contribution < 1.29 is 19.1 Å². The van der Waals surface area contributed by atoms with Gasteiger partial charge in [0.2, 0.25) is 5.91 Å². The molecular formula is C31H41N3O4. The summed E-state index contributed by atoms with van der Waals surface area (Å²) in [6.07, 6.45) is 8.76. The summed E-state index contributed by atoms with van der Waals surface area (Å²) in [7, 11) is 0. The van der Waals surface area contributed by atoms with Gasteiger partial charge in [0.25, 0.3) is 5.91 Å². The van der Waals surface area contributed by atoms with Crippen molar-refractivity contribution in [2.24, 2.45) is 0 Å². The molecule has 7 nitrogen and oxygen atoms in total. The van der Waals surface area contributed by atoms with Crippen LogP contribution in [0.3, 0.4) is 0 Å². The van der Waals surface area contributed by atoms with E-state index in [2.05, 4.69) is 23.5 Å². The topological polar surface area (TPSA) is 87.7 Å². The van der Waals surface area contributed by atoms with Crippen LogP contribution in [0, 0.1) is 26.2 Å². The summed E-state index contributed by atoms with van der Waals surface area (Å²) in [5.41, 5.74) is 2.91. The largest absolute Gasteiger partial charge is 0.444 e. The lowest BCUT2D eigenvalue weighted by Crippen LogP contribution is -2.47. The predicted octanol–water partition coefficient (Wildman–Crippen LogP) is 5.90. The van der Waals surface area contributed by atoms with E-state index in [-0.39, 0.29) is 12.5 Å². The smallest absolute Gasteiger partial charge is 0.408 e. The van der Waals surface area contributed by atoms with Crippen LogP contribution >= 0.6 is 0 Å². The number of carbonyl (C=O) groups is 3. The molecule has 0 aliphatic carbocycles. The highest BCUT2D eigenvalue weighted by Gasteiger charge is 2.33. The first-order chi connectivity index (χ1) is 18.0. The Bertz CT molecular complexity index is 1140. The average Bonchev–Trinajstić information content (AvgIpc) is 2.85. The number of unbranched alkanes of at least 4 members (excludes halogenated alkanes) is 3. The molecule has 38 heavy (non-hydrogen) atoms. The highest BCUT2D eigenvalue weighted by Crippen LogP contribution is 2.28. The Kier molecular flexibility index (Phi) is 11.4. The average molecular weight is 520 g/mol. The quantitative estimate of drug-likeness (QED) is 0.286. The summed E-state index contributed by atoms with van der Waals surface area (Å²) in [6.45, 7) is 11.2. The second kappa shape index (κ2) is 14.2. The zero-order valence-corrected chi connectivity index (χ0v) is 23.5. The van der Waals surface area contributed by atoms with E-state index in [4.69, 9.17) is 11.2 Å². The van der Waals surface area contributed by atoms with Gasteiger partial charge in [-0.3, -0.25) is 9.59 Å². The van der Waals surface area contributed by atoms with Gasteiger partial charge in [-0.25, -0.2) is 4.79 Å². The number of alkyl carbamates (subject to hydrolysis) is 1. The number of nitrogens with one attached hydrogen (secondary N) is 2. The normalized spacial score (nSPS) is 11.7. The fourth-order valence-electron chi connectivity index (χ4n) is 4.19.